The van der Waals surface area contributed by atoms with E-state index in [-0.39, 0.29) is 5.38 Å². The normalized spacial score (nSPS) is 20.2. The minimum absolute atomic E-state index is 0.138. The van der Waals surface area contributed by atoms with E-state index in [0.29, 0.717) is 12.0 Å². The predicted molar refractivity (Wildman–Crippen MR) is 72.9 cm³/mol. The smallest absolute Gasteiger partial charge is 0.123 e. The summed E-state index contributed by atoms with van der Waals surface area (Å²) in [5, 5.41) is 0.138. The first-order valence-electron chi connectivity index (χ1n) is 6.50. The molecule has 0 bridgehead atoms. The number of alkyl halides is 1. The first kappa shape index (κ1) is 12.8. The maximum Gasteiger partial charge on any atom is 0.123 e. The van der Waals surface area contributed by atoms with Gasteiger partial charge in [-0.25, -0.2) is 0 Å². The van der Waals surface area contributed by atoms with Crippen LogP contribution in [0.4, 0.5) is 0 Å². The molecule has 0 radical (unpaired) electrons. The third-order valence-corrected chi connectivity index (χ3v) is 3.75. The van der Waals surface area contributed by atoms with Crippen LogP contribution < -0.4 is 4.74 Å². The molecule has 1 aromatic carbocycles. The minimum atomic E-state index is 0.138. The second-order valence-electron chi connectivity index (χ2n) is 5.44. The SMILES string of the molecule is CC(C)CCC(Cl)c1ccc2c(c1)CC(C)O2. The molecular weight excluding hydrogens is 232 g/mol. The monoisotopic (exact) mass is 252 g/mol. The Bertz CT molecular complexity index is 387. The van der Waals surface area contributed by atoms with E-state index < -0.39 is 0 Å². The Labute approximate surface area is 109 Å². The van der Waals surface area contributed by atoms with E-state index in [2.05, 4.69) is 39.0 Å². The summed E-state index contributed by atoms with van der Waals surface area (Å²) in [6, 6.07) is 6.39. The molecule has 0 spiro atoms. The minimum Gasteiger partial charge on any atom is -0.490 e. The van der Waals surface area contributed by atoms with E-state index in [1.807, 2.05) is 0 Å². The highest BCUT2D eigenvalue weighted by atomic mass is 35.5. The van der Waals surface area contributed by atoms with E-state index in [1.54, 1.807) is 0 Å². The van der Waals surface area contributed by atoms with Crippen molar-refractivity contribution in [1.82, 2.24) is 0 Å². The van der Waals surface area contributed by atoms with Crippen molar-refractivity contribution in [2.24, 2.45) is 5.92 Å². The highest BCUT2D eigenvalue weighted by Gasteiger charge is 2.20. The number of ether oxygens (including phenoxy) is 1. The molecule has 0 saturated heterocycles. The molecule has 1 nitrogen and oxygen atoms in total. The Balaban J connectivity index is 2.05. The zero-order valence-electron chi connectivity index (χ0n) is 10.9. The fraction of sp³-hybridized carbons (Fsp3) is 0.600. The van der Waals surface area contributed by atoms with E-state index in [1.165, 1.54) is 17.5 Å². The first-order chi connectivity index (χ1) is 8.06. The molecule has 0 amide bonds. The van der Waals surface area contributed by atoms with Crippen molar-refractivity contribution in [3.05, 3.63) is 29.3 Å². The molecule has 2 heteroatoms. The van der Waals surface area contributed by atoms with Crippen LogP contribution in [-0.2, 0) is 6.42 Å². The fourth-order valence-electron chi connectivity index (χ4n) is 2.28. The zero-order valence-corrected chi connectivity index (χ0v) is 11.6. The first-order valence-corrected chi connectivity index (χ1v) is 6.93. The maximum absolute atomic E-state index is 6.45. The van der Waals surface area contributed by atoms with Gasteiger partial charge in [0.05, 0.1) is 5.38 Å². The fourth-order valence-corrected chi connectivity index (χ4v) is 2.54. The number of hydrogen-bond acceptors (Lipinski definition) is 1. The third-order valence-electron chi connectivity index (χ3n) is 3.28. The summed E-state index contributed by atoms with van der Waals surface area (Å²) in [6.45, 7) is 6.58. The van der Waals surface area contributed by atoms with Gasteiger partial charge >= 0.3 is 0 Å². The molecule has 1 heterocycles. The molecule has 0 N–H and O–H groups in total. The van der Waals surface area contributed by atoms with Crippen LogP contribution >= 0.6 is 11.6 Å². The summed E-state index contributed by atoms with van der Waals surface area (Å²) >= 11 is 6.45. The predicted octanol–water partition coefficient (Wildman–Crippen LogP) is 4.73. The van der Waals surface area contributed by atoms with E-state index in [0.717, 1.165) is 18.6 Å². The molecule has 1 aliphatic rings. The van der Waals surface area contributed by atoms with Gasteiger partial charge in [-0.2, -0.15) is 0 Å². The van der Waals surface area contributed by atoms with Crippen LogP contribution in [0.1, 0.15) is 50.1 Å². The Morgan fingerprint density at radius 1 is 1.35 bits per heavy atom. The van der Waals surface area contributed by atoms with Crippen LogP contribution in [0.3, 0.4) is 0 Å². The zero-order chi connectivity index (χ0) is 12.4. The van der Waals surface area contributed by atoms with Crippen LogP contribution in [0.5, 0.6) is 5.75 Å². The Morgan fingerprint density at radius 3 is 2.82 bits per heavy atom. The van der Waals surface area contributed by atoms with Crippen LogP contribution in [0.2, 0.25) is 0 Å². The Hall–Kier alpha value is -0.690. The Morgan fingerprint density at radius 2 is 2.12 bits per heavy atom. The maximum atomic E-state index is 6.45. The standard InChI is InChI=1S/C15H21ClO/c1-10(2)4-6-14(16)12-5-7-15-13(9-12)8-11(3)17-15/h5,7,9-11,14H,4,6,8H2,1-3H3. The lowest BCUT2D eigenvalue weighted by Crippen LogP contribution is -2.05. The van der Waals surface area contributed by atoms with Crippen LogP contribution in [0.15, 0.2) is 18.2 Å². The van der Waals surface area contributed by atoms with Crippen LogP contribution in [-0.4, -0.2) is 6.10 Å². The van der Waals surface area contributed by atoms with Crippen LogP contribution in [0.25, 0.3) is 0 Å². The molecule has 0 aliphatic carbocycles. The second-order valence-corrected chi connectivity index (χ2v) is 5.97. The van der Waals surface area contributed by atoms with Gasteiger partial charge in [0.1, 0.15) is 11.9 Å². The lowest BCUT2D eigenvalue weighted by molar-refractivity contribution is 0.254. The van der Waals surface area contributed by atoms with Crippen molar-refractivity contribution in [3.8, 4) is 5.75 Å². The van der Waals surface area contributed by atoms with E-state index in [4.69, 9.17) is 16.3 Å². The summed E-state index contributed by atoms with van der Waals surface area (Å²) < 4.78 is 5.70. The molecule has 17 heavy (non-hydrogen) atoms. The molecule has 0 aromatic heterocycles. The van der Waals surface area contributed by atoms with Gasteiger partial charge in [-0.15, -0.1) is 11.6 Å². The van der Waals surface area contributed by atoms with Crippen molar-refractivity contribution in [1.29, 1.82) is 0 Å². The molecule has 2 atom stereocenters. The molecule has 0 saturated carbocycles. The van der Waals surface area contributed by atoms with Crippen molar-refractivity contribution < 1.29 is 4.74 Å². The van der Waals surface area contributed by atoms with Gasteiger partial charge in [-0.1, -0.05) is 26.0 Å². The quantitative estimate of drug-likeness (QED) is 0.704. The van der Waals surface area contributed by atoms with Crippen molar-refractivity contribution in [2.75, 3.05) is 0 Å². The number of fused-ring (bicyclic) bond motifs is 1. The highest BCUT2D eigenvalue weighted by molar-refractivity contribution is 6.20. The summed E-state index contributed by atoms with van der Waals surface area (Å²) in [5.74, 6) is 1.75. The lowest BCUT2D eigenvalue weighted by Gasteiger charge is -2.12. The molecule has 2 unspecified atom stereocenters. The third kappa shape index (κ3) is 3.16. The number of benzene rings is 1. The van der Waals surface area contributed by atoms with E-state index in [9.17, 15) is 0 Å². The molecule has 0 fully saturated rings. The second kappa shape index (κ2) is 5.30. The Kier molecular flexibility index (Phi) is 3.98. The highest BCUT2D eigenvalue weighted by Crippen LogP contribution is 2.34. The lowest BCUT2D eigenvalue weighted by atomic mass is 9.99. The molecule has 2 rings (SSSR count). The topological polar surface area (TPSA) is 9.23 Å². The number of rotatable bonds is 4. The molecule has 1 aliphatic heterocycles. The van der Waals surface area contributed by atoms with Gasteiger partial charge in [0.2, 0.25) is 0 Å². The summed E-state index contributed by atoms with van der Waals surface area (Å²) in [5.41, 5.74) is 2.55. The van der Waals surface area contributed by atoms with Gasteiger partial charge in [-0.3, -0.25) is 0 Å². The number of halogens is 1. The average Bonchev–Trinajstić information content (AvgIpc) is 2.64. The van der Waals surface area contributed by atoms with Crippen molar-refractivity contribution in [3.63, 3.8) is 0 Å². The number of hydrogen-bond donors (Lipinski definition) is 0. The summed E-state index contributed by atoms with van der Waals surface area (Å²) in [6.07, 6.45) is 3.55. The molecular formula is C15H21ClO. The van der Waals surface area contributed by atoms with Gasteiger partial charge in [-0.05, 0) is 42.9 Å². The largest absolute Gasteiger partial charge is 0.490 e. The van der Waals surface area contributed by atoms with Gasteiger partial charge in [0.25, 0.3) is 0 Å². The average molecular weight is 253 g/mol. The summed E-state index contributed by atoms with van der Waals surface area (Å²) in [4.78, 5) is 0. The van der Waals surface area contributed by atoms with Crippen LogP contribution in [0, 0.1) is 5.92 Å². The van der Waals surface area contributed by atoms with Gasteiger partial charge in [0, 0.05) is 6.42 Å². The summed E-state index contributed by atoms with van der Waals surface area (Å²) in [7, 11) is 0. The van der Waals surface area contributed by atoms with Gasteiger partial charge < -0.3 is 4.74 Å². The van der Waals surface area contributed by atoms with Gasteiger partial charge in [0.15, 0.2) is 0 Å². The van der Waals surface area contributed by atoms with Crippen molar-refractivity contribution >= 4 is 11.6 Å². The van der Waals surface area contributed by atoms with Crippen molar-refractivity contribution in [2.45, 2.75) is 51.5 Å². The van der Waals surface area contributed by atoms with E-state index >= 15 is 0 Å². The molecule has 94 valence electrons. The molecule has 1 aromatic rings.